The largest absolute Gasteiger partial charge is 0.327 e. The summed E-state index contributed by atoms with van der Waals surface area (Å²) in [5.41, 5.74) is 9.49. The molecule has 0 radical (unpaired) electrons. The van der Waals surface area contributed by atoms with Gasteiger partial charge in [0, 0.05) is 28.9 Å². The Balaban J connectivity index is 1.80. The molecule has 0 saturated heterocycles. The number of anilines is 2. The number of aryl methyl sites for hydroxylation is 1. The number of halogens is 1. The molecule has 1 heterocycles. The Morgan fingerprint density at radius 2 is 1.89 bits per heavy atom. The number of nitrogens with two attached hydrogens (primary N) is 1. The molecule has 1 aliphatic rings. The van der Waals surface area contributed by atoms with E-state index in [1.165, 1.54) is 0 Å². The van der Waals surface area contributed by atoms with Crippen LogP contribution in [0.4, 0.5) is 11.4 Å². The van der Waals surface area contributed by atoms with Crippen LogP contribution in [0.25, 0.3) is 0 Å². The van der Waals surface area contributed by atoms with Gasteiger partial charge in [0.15, 0.2) is 0 Å². The van der Waals surface area contributed by atoms with Crippen molar-refractivity contribution in [1.82, 2.24) is 0 Å². The smallest absolute Gasteiger partial charge is 0.228 e. The second kappa shape index (κ2) is 8.11. The van der Waals surface area contributed by atoms with E-state index in [2.05, 4.69) is 5.32 Å². The Bertz CT molecular complexity index is 849. The number of carbonyl (C=O) groups excluding carboxylic acids is 2. The van der Waals surface area contributed by atoms with E-state index in [4.69, 9.17) is 17.3 Å². The molecule has 2 aromatic carbocycles. The molecule has 6 heteroatoms. The van der Waals surface area contributed by atoms with E-state index in [-0.39, 0.29) is 23.8 Å². The molecule has 0 saturated carbocycles. The summed E-state index contributed by atoms with van der Waals surface area (Å²) in [6.45, 7) is 4.12. The summed E-state index contributed by atoms with van der Waals surface area (Å²) in [5, 5.41) is 3.59. The Labute approximate surface area is 164 Å². The maximum Gasteiger partial charge on any atom is 0.228 e. The molecule has 0 fully saturated rings. The number of nitrogens with zero attached hydrogens (tertiary/aromatic N) is 1. The normalized spacial score (nSPS) is 15.9. The fraction of sp³-hybridized carbons (Fsp3) is 0.333. The van der Waals surface area contributed by atoms with Crippen LogP contribution in [0.3, 0.4) is 0 Å². The first-order valence-electron chi connectivity index (χ1n) is 9.09. The van der Waals surface area contributed by atoms with Crippen LogP contribution in [0.2, 0.25) is 5.02 Å². The summed E-state index contributed by atoms with van der Waals surface area (Å²) in [6.07, 6.45) is 1.12. The van der Waals surface area contributed by atoms with Crippen molar-refractivity contribution in [2.45, 2.75) is 39.3 Å². The van der Waals surface area contributed by atoms with Crippen molar-refractivity contribution in [3.63, 3.8) is 0 Å². The molecule has 0 aliphatic carbocycles. The monoisotopic (exact) mass is 385 g/mol. The van der Waals surface area contributed by atoms with E-state index in [0.29, 0.717) is 24.4 Å². The van der Waals surface area contributed by atoms with E-state index < -0.39 is 0 Å². The van der Waals surface area contributed by atoms with Gasteiger partial charge in [-0.1, -0.05) is 30.7 Å². The van der Waals surface area contributed by atoms with Crippen LogP contribution in [-0.2, 0) is 22.6 Å². The van der Waals surface area contributed by atoms with Gasteiger partial charge in [0.25, 0.3) is 0 Å². The fourth-order valence-electron chi connectivity index (χ4n) is 3.08. The van der Waals surface area contributed by atoms with Crippen molar-refractivity contribution in [2.24, 2.45) is 11.7 Å². The zero-order valence-corrected chi connectivity index (χ0v) is 16.3. The third-order valence-corrected chi connectivity index (χ3v) is 5.26. The van der Waals surface area contributed by atoms with Gasteiger partial charge in [-0.15, -0.1) is 0 Å². The second-order valence-electron chi connectivity index (χ2n) is 7.09. The van der Waals surface area contributed by atoms with Crippen molar-refractivity contribution in [2.75, 3.05) is 10.2 Å². The number of hydrogen-bond acceptors (Lipinski definition) is 3. The SMILES string of the molecule is CC(N)C(C)C(=O)Nc1ccc2c(c1)CCC(=O)N2Cc1ccc(Cl)cc1. The number of hydrogen-bond donors (Lipinski definition) is 2. The summed E-state index contributed by atoms with van der Waals surface area (Å²) in [6, 6.07) is 13.0. The molecule has 2 unspecified atom stereocenters. The first-order valence-corrected chi connectivity index (χ1v) is 9.47. The predicted octanol–water partition coefficient (Wildman–Crippen LogP) is 3.74. The third-order valence-electron chi connectivity index (χ3n) is 5.00. The molecule has 0 aromatic heterocycles. The van der Waals surface area contributed by atoms with Gasteiger partial charge in [-0.3, -0.25) is 9.59 Å². The lowest BCUT2D eigenvalue weighted by Gasteiger charge is -2.30. The van der Waals surface area contributed by atoms with E-state index >= 15 is 0 Å². The zero-order valence-electron chi connectivity index (χ0n) is 15.5. The van der Waals surface area contributed by atoms with Crippen molar-refractivity contribution in [3.8, 4) is 0 Å². The van der Waals surface area contributed by atoms with Gasteiger partial charge in [0.2, 0.25) is 11.8 Å². The van der Waals surface area contributed by atoms with Crippen LogP contribution in [0, 0.1) is 5.92 Å². The minimum Gasteiger partial charge on any atom is -0.327 e. The molecule has 0 bridgehead atoms. The van der Waals surface area contributed by atoms with Crippen LogP contribution in [0.1, 0.15) is 31.4 Å². The summed E-state index contributed by atoms with van der Waals surface area (Å²) in [5.74, 6) is -0.279. The van der Waals surface area contributed by atoms with Gasteiger partial charge in [-0.2, -0.15) is 0 Å². The quantitative estimate of drug-likeness (QED) is 0.823. The molecular weight excluding hydrogens is 362 g/mol. The van der Waals surface area contributed by atoms with Gasteiger partial charge in [0.1, 0.15) is 0 Å². The first kappa shape index (κ1) is 19.4. The number of rotatable bonds is 5. The summed E-state index contributed by atoms with van der Waals surface area (Å²) < 4.78 is 0. The van der Waals surface area contributed by atoms with Gasteiger partial charge in [-0.05, 0) is 54.8 Å². The molecule has 2 aromatic rings. The number of carbonyl (C=O) groups is 2. The van der Waals surface area contributed by atoms with Gasteiger partial charge >= 0.3 is 0 Å². The molecule has 2 atom stereocenters. The molecule has 2 amide bonds. The topological polar surface area (TPSA) is 75.4 Å². The van der Waals surface area contributed by atoms with Crippen molar-refractivity contribution < 1.29 is 9.59 Å². The van der Waals surface area contributed by atoms with Crippen molar-refractivity contribution in [1.29, 1.82) is 0 Å². The Morgan fingerprint density at radius 1 is 1.19 bits per heavy atom. The Hall–Kier alpha value is -2.37. The molecule has 0 spiro atoms. The average molecular weight is 386 g/mol. The molecule has 27 heavy (non-hydrogen) atoms. The molecule has 1 aliphatic heterocycles. The highest BCUT2D eigenvalue weighted by atomic mass is 35.5. The van der Waals surface area contributed by atoms with Gasteiger partial charge < -0.3 is 16.0 Å². The number of nitrogens with one attached hydrogen (secondary N) is 1. The molecular formula is C21H24ClN3O2. The first-order chi connectivity index (χ1) is 12.8. The van der Waals surface area contributed by atoms with Crippen LogP contribution in [0.5, 0.6) is 0 Å². The zero-order chi connectivity index (χ0) is 19.6. The highest BCUT2D eigenvalue weighted by Crippen LogP contribution is 2.32. The van der Waals surface area contributed by atoms with E-state index in [1.807, 2.05) is 56.3 Å². The lowest BCUT2D eigenvalue weighted by atomic mass is 9.99. The summed E-state index contributed by atoms with van der Waals surface area (Å²) >= 11 is 5.94. The van der Waals surface area contributed by atoms with Gasteiger partial charge in [0.05, 0.1) is 12.5 Å². The average Bonchev–Trinajstić information content (AvgIpc) is 2.65. The maximum atomic E-state index is 12.5. The summed E-state index contributed by atoms with van der Waals surface area (Å²) in [4.78, 5) is 26.5. The van der Waals surface area contributed by atoms with Crippen LogP contribution >= 0.6 is 11.6 Å². The van der Waals surface area contributed by atoms with Crippen LogP contribution < -0.4 is 16.0 Å². The minimum absolute atomic E-state index is 0.0971. The molecule has 3 rings (SSSR count). The van der Waals surface area contributed by atoms with Gasteiger partial charge in [-0.25, -0.2) is 0 Å². The van der Waals surface area contributed by atoms with Crippen LogP contribution in [0.15, 0.2) is 42.5 Å². The maximum absolute atomic E-state index is 12.5. The van der Waals surface area contributed by atoms with E-state index in [1.54, 1.807) is 4.90 Å². The summed E-state index contributed by atoms with van der Waals surface area (Å²) in [7, 11) is 0. The Kier molecular flexibility index (Phi) is 5.82. The van der Waals surface area contributed by atoms with Crippen molar-refractivity contribution in [3.05, 3.63) is 58.6 Å². The minimum atomic E-state index is -0.274. The highest BCUT2D eigenvalue weighted by molar-refractivity contribution is 6.30. The number of amides is 2. The lowest BCUT2D eigenvalue weighted by Crippen LogP contribution is -2.35. The second-order valence-corrected chi connectivity index (χ2v) is 7.52. The number of benzene rings is 2. The molecule has 3 N–H and O–H groups in total. The lowest BCUT2D eigenvalue weighted by molar-refractivity contribution is -0.120. The molecule has 142 valence electrons. The highest BCUT2D eigenvalue weighted by Gasteiger charge is 2.25. The molecule has 5 nitrogen and oxygen atoms in total. The third kappa shape index (κ3) is 4.49. The standard InChI is InChI=1S/C21H24ClN3O2/c1-13(14(2)23)21(27)24-18-8-9-19-16(11-18)5-10-20(26)25(19)12-15-3-6-17(22)7-4-15/h3-4,6-9,11,13-14H,5,10,12,23H2,1-2H3,(H,24,27). The Morgan fingerprint density at radius 3 is 2.56 bits per heavy atom. The number of fused-ring (bicyclic) bond motifs is 1. The fourth-order valence-corrected chi connectivity index (χ4v) is 3.20. The van der Waals surface area contributed by atoms with Crippen LogP contribution in [-0.4, -0.2) is 17.9 Å². The predicted molar refractivity (Wildman–Crippen MR) is 109 cm³/mol. The van der Waals surface area contributed by atoms with E-state index in [0.717, 1.165) is 22.5 Å². The van der Waals surface area contributed by atoms with Crippen molar-refractivity contribution >= 4 is 34.8 Å². The van der Waals surface area contributed by atoms with E-state index in [9.17, 15) is 9.59 Å².